The summed E-state index contributed by atoms with van der Waals surface area (Å²) in [6.45, 7) is 0.428. The Kier molecular flexibility index (Phi) is 6.89. The molecule has 3 heterocycles. The summed E-state index contributed by atoms with van der Waals surface area (Å²) in [5.41, 5.74) is 4.95. The van der Waals surface area contributed by atoms with E-state index in [4.69, 9.17) is 23.1 Å². The largest absolute Gasteiger partial charge is 0.489 e. The van der Waals surface area contributed by atoms with Crippen LogP contribution in [0.4, 0.5) is 14.5 Å². The second-order valence-corrected chi connectivity index (χ2v) is 9.21. The second kappa shape index (κ2) is 10.1. The Morgan fingerprint density at radius 1 is 1.32 bits per heavy atom. The number of ether oxygens (including phenoxy) is 2. The molecular formula is C27H25BF2N4O4. The number of nitrogen functional groups attached to an aromatic ring is 1. The number of carbonyl (C=O) groups is 1. The molecule has 0 bridgehead atoms. The topological polar surface area (TPSA) is 110 Å². The zero-order valence-corrected chi connectivity index (χ0v) is 20.7. The van der Waals surface area contributed by atoms with Crippen LogP contribution < -0.4 is 10.5 Å². The molecule has 2 aliphatic rings. The Labute approximate surface area is 219 Å². The molecule has 1 amide bonds. The van der Waals surface area contributed by atoms with E-state index in [0.717, 1.165) is 29.9 Å². The van der Waals surface area contributed by atoms with Crippen molar-refractivity contribution in [3.8, 4) is 16.9 Å². The fourth-order valence-electron chi connectivity index (χ4n) is 4.78. The summed E-state index contributed by atoms with van der Waals surface area (Å²) in [4.78, 5) is 21.6. The third kappa shape index (κ3) is 4.52. The van der Waals surface area contributed by atoms with Gasteiger partial charge in [0.1, 0.15) is 29.6 Å². The maximum Gasteiger partial charge on any atom is 0.258 e. The van der Waals surface area contributed by atoms with Crippen LogP contribution in [-0.2, 0) is 16.9 Å². The zero-order chi connectivity index (χ0) is 27.0. The molecule has 1 saturated heterocycles. The quantitative estimate of drug-likeness (QED) is 0.283. The summed E-state index contributed by atoms with van der Waals surface area (Å²) in [5, 5.41) is 10.7. The van der Waals surface area contributed by atoms with Crippen molar-refractivity contribution in [1.82, 2.24) is 9.88 Å². The minimum atomic E-state index is -2.32. The average Bonchev–Trinajstić information content (AvgIpc) is 3.48. The first-order chi connectivity index (χ1) is 18.2. The number of anilines is 1. The van der Waals surface area contributed by atoms with Gasteiger partial charge in [-0.2, -0.15) is 0 Å². The third-order valence-corrected chi connectivity index (χ3v) is 6.77. The standard InChI is InChI=1S/C27H25BF2N4O4/c1-32-12-19-17(6-7-23(24(19)31)38-14-16-4-3-9-37-16)15-10-21(29)20(22(30)11-15)13-34-26(35)18-5-2-8-33-25(18)27(34,28)36/h2,5-8,10-12,16,36H,3-4,9,13-14,31H2,1H3. The van der Waals surface area contributed by atoms with Crippen molar-refractivity contribution in [1.29, 1.82) is 0 Å². The molecule has 194 valence electrons. The first-order valence-corrected chi connectivity index (χ1v) is 12.1. The van der Waals surface area contributed by atoms with Crippen LogP contribution in [-0.4, -0.2) is 61.3 Å². The van der Waals surface area contributed by atoms with Gasteiger partial charge in [0.2, 0.25) is 0 Å². The molecule has 0 saturated carbocycles. The lowest BCUT2D eigenvalue weighted by Crippen LogP contribution is -2.44. The molecule has 2 radical (unpaired) electrons. The number of aromatic nitrogens is 1. The summed E-state index contributed by atoms with van der Waals surface area (Å²) < 4.78 is 42.1. The lowest BCUT2D eigenvalue weighted by molar-refractivity contribution is -0.0231. The highest BCUT2D eigenvalue weighted by Crippen LogP contribution is 2.38. The highest BCUT2D eigenvalue weighted by atomic mass is 19.1. The first kappa shape index (κ1) is 25.8. The van der Waals surface area contributed by atoms with Gasteiger partial charge in [0, 0.05) is 37.2 Å². The van der Waals surface area contributed by atoms with Crippen molar-refractivity contribution in [2.45, 2.75) is 31.1 Å². The Balaban J connectivity index is 1.45. The molecule has 0 spiro atoms. The maximum atomic E-state index is 15.3. The molecule has 1 fully saturated rings. The predicted octanol–water partition coefficient (Wildman–Crippen LogP) is 3.14. The molecule has 3 aromatic rings. The fraction of sp³-hybridized carbons (Fsp3) is 0.296. The van der Waals surface area contributed by atoms with Crippen molar-refractivity contribution < 1.29 is 28.2 Å². The molecule has 11 heteroatoms. The normalized spacial score (nSPS) is 20.9. The van der Waals surface area contributed by atoms with E-state index >= 15 is 8.78 Å². The van der Waals surface area contributed by atoms with Crippen molar-refractivity contribution in [3.05, 3.63) is 76.6 Å². The number of pyridine rings is 1. The number of fused-ring (bicyclic) bond motifs is 1. The van der Waals surface area contributed by atoms with E-state index in [1.165, 1.54) is 24.5 Å². The van der Waals surface area contributed by atoms with E-state index in [1.54, 1.807) is 19.2 Å². The Hall–Kier alpha value is -3.83. The van der Waals surface area contributed by atoms with Gasteiger partial charge in [0.05, 0.1) is 29.6 Å². The van der Waals surface area contributed by atoms with Crippen LogP contribution in [0, 0.1) is 11.6 Å². The number of aliphatic imine (C=N–C) groups is 1. The van der Waals surface area contributed by atoms with Crippen LogP contribution in [0.15, 0.2) is 47.6 Å². The number of nitrogens with zero attached hydrogens (tertiary/aromatic N) is 3. The zero-order valence-electron chi connectivity index (χ0n) is 20.7. The number of nitrogens with two attached hydrogens (primary N) is 1. The van der Waals surface area contributed by atoms with E-state index in [2.05, 4.69) is 9.98 Å². The van der Waals surface area contributed by atoms with E-state index in [-0.39, 0.29) is 28.6 Å². The predicted molar refractivity (Wildman–Crippen MR) is 138 cm³/mol. The van der Waals surface area contributed by atoms with Crippen molar-refractivity contribution >= 4 is 25.7 Å². The van der Waals surface area contributed by atoms with E-state index in [1.807, 2.05) is 0 Å². The molecule has 0 aliphatic carbocycles. The van der Waals surface area contributed by atoms with Crippen LogP contribution in [0.2, 0.25) is 0 Å². The third-order valence-electron chi connectivity index (χ3n) is 6.77. The average molecular weight is 518 g/mol. The minimum Gasteiger partial charge on any atom is -0.489 e. The summed E-state index contributed by atoms with van der Waals surface area (Å²) in [5.74, 6) is -2.12. The van der Waals surface area contributed by atoms with Crippen molar-refractivity contribution in [2.75, 3.05) is 26.0 Å². The lowest BCUT2D eigenvalue weighted by atomic mass is 9.87. The minimum absolute atomic E-state index is 0.00894. The Morgan fingerprint density at radius 3 is 2.74 bits per heavy atom. The van der Waals surface area contributed by atoms with Gasteiger partial charge in [-0.1, -0.05) is 0 Å². The van der Waals surface area contributed by atoms with Crippen molar-refractivity contribution in [2.24, 2.45) is 4.99 Å². The molecule has 2 aromatic carbocycles. The van der Waals surface area contributed by atoms with Gasteiger partial charge in [-0.05, 0) is 60.4 Å². The molecule has 2 aliphatic heterocycles. The number of benzene rings is 2. The van der Waals surface area contributed by atoms with E-state index < -0.39 is 35.3 Å². The van der Waals surface area contributed by atoms with Gasteiger partial charge in [-0.25, -0.2) is 8.78 Å². The van der Waals surface area contributed by atoms with E-state index in [9.17, 15) is 9.90 Å². The maximum absolute atomic E-state index is 15.3. The van der Waals surface area contributed by atoms with Crippen LogP contribution in [0.3, 0.4) is 0 Å². The second-order valence-electron chi connectivity index (χ2n) is 9.21. The summed E-state index contributed by atoms with van der Waals surface area (Å²) in [6.07, 6.45) is 4.73. The van der Waals surface area contributed by atoms with Gasteiger partial charge >= 0.3 is 0 Å². The fourth-order valence-corrected chi connectivity index (χ4v) is 4.78. The van der Waals surface area contributed by atoms with Gasteiger partial charge < -0.3 is 25.2 Å². The molecule has 1 aromatic heterocycles. The molecule has 5 rings (SSSR count). The lowest BCUT2D eigenvalue weighted by Gasteiger charge is -2.31. The first-order valence-electron chi connectivity index (χ1n) is 12.1. The number of carbonyl (C=O) groups excluding carboxylic acids is 1. The molecule has 2 atom stereocenters. The number of rotatable bonds is 7. The van der Waals surface area contributed by atoms with Crippen molar-refractivity contribution in [3.63, 3.8) is 0 Å². The smallest absolute Gasteiger partial charge is 0.258 e. The Morgan fingerprint density at radius 2 is 2.08 bits per heavy atom. The highest BCUT2D eigenvalue weighted by molar-refractivity contribution is 6.19. The van der Waals surface area contributed by atoms with Gasteiger partial charge in [0.15, 0.2) is 7.85 Å². The van der Waals surface area contributed by atoms with Gasteiger partial charge in [-0.15, -0.1) is 0 Å². The number of hydrogen-bond donors (Lipinski definition) is 2. The van der Waals surface area contributed by atoms with Crippen LogP contribution in [0.25, 0.3) is 11.1 Å². The van der Waals surface area contributed by atoms with Crippen LogP contribution in [0.5, 0.6) is 5.75 Å². The molecule has 38 heavy (non-hydrogen) atoms. The highest BCUT2D eigenvalue weighted by Gasteiger charge is 2.46. The SMILES string of the molecule is [B]C1(O)c2ncccc2C(=O)N1Cc1c(F)cc(-c2ccc(OCC3CCCO3)c(N)c2C=NC)cc1F. The Bertz CT molecular complexity index is 1400. The number of amides is 1. The number of aliphatic hydroxyl groups is 1. The molecule has 8 nitrogen and oxygen atoms in total. The van der Waals surface area contributed by atoms with Crippen LogP contribution >= 0.6 is 0 Å². The summed E-state index contributed by atoms with van der Waals surface area (Å²) >= 11 is 0. The van der Waals surface area contributed by atoms with E-state index in [0.29, 0.717) is 30.1 Å². The van der Waals surface area contributed by atoms with Gasteiger partial charge in [0.25, 0.3) is 5.91 Å². The van der Waals surface area contributed by atoms with Crippen LogP contribution in [0.1, 0.15) is 40.0 Å². The molecular weight excluding hydrogens is 493 g/mol. The molecule has 3 N–H and O–H groups in total. The molecule has 2 unspecified atom stereocenters. The van der Waals surface area contributed by atoms with Gasteiger partial charge in [-0.3, -0.25) is 14.8 Å². The monoisotopic (exact) mass is 518 g/mol. The number of hydrogen-bond acceptors (Lipinski definition) is 7. The summed E-state index contributed by atoms with van der Waals surface area (Å²) in [6, 6.07) is 8.50. The summed E-state index contributed by atoms with van der Waals surface area (Å²) in [7, 11) is 7.50. The number of halogens is 2.